The zero-order valence-corrected chi connectivity index (χ0v) is 14.9. The summed E-state index contributed by atoms with van der Waals surface area (Å²) in [5.74, 6) is -0.533. The number of fused-ring (bicyclic) bond motifs is 1. The summed E-state index contributed by atoms with van der Waals surface area (Å²) in [6.07, 6.45) is 1.04. The van der Waals surface area contributed by atoms with Gasteiger partial charge >= 0.3 is 5.97 Å². The number of nitrogens with zero attached hydrogens (tertiary/aromatic N) is 2. The van der Waals surface area contributed by atoms with Gasteiger partial charge in [0.05, 0.1) is 22.9 Å². The van der Waals surface area contributed by atoms with Crippen LogP contribution in [-0.2, 0) is 23.0 Å². The van der Waals surface area contributed by atoms with Gasteiger partial charge < -0.3 is 9.30 Å². The summed E-state index contributed by atoms with van der Waals surface area (Å²) < 4.78 is 7.49. The molecule has 0 bridgehead atoms. The number of rotatable bonds is 4. The number of carbonyl (C=O) groups is 2. The van der Waals surface area contributed by atoms with Crippen LogP contribution in [-0.4, -0.2) is 23.6 Å². The first-order valence-electron chi connectivity index (χ1n) is 7.88. The highest BCUT2D eigenvalue weighted by Gasteiger charge is 2.10. The zero-order chi connectivity index (χ0) is 17.8. The van der Waals surface area contributed by atoms with E-state index in [0.717, 1.165) is 15.8 Å². The number of aryl methyl sites for hydroxylation is 2. The molecule has 3 rings (SSSR count). The Balaban J connectivity index is 1.84. The molecule has 0 atom stereocenters. The van der Waals surface area contributed by atoms with Gasteiger partial charge in [-0.3, -0.25) is 4.79 Å². The van der Waals surface area contributed by atoms with E-state index < -0.39 is 0 Å². The van der Waals surface area contributed by atoms with Gasteiger partial charge in [-0.1, -0.05) is 41.7 Å². The van der Waals surface area contributed by atoms with Crippen molar-refractivity contribution in [2.45, 2.75) is 12.8 Å². The Hall–Kier alpha value is -2.73. The van der Waals surface area contributed by atoms with Crippen LogP contribution >= 0.6 is 11.3 Å². The van der Waals surface area contributed by atoms with Crippen molar-refractivity contribution in [2.75, 3.05) is 7.11 Å². The molecule has 1 heterocycles. The van der Waals surface area contributed by atoms with Crippen molar-refractivity contribution in [3.8, 4) is 0 Å². The summed E-state index contributed by atoms with van der Waals surface area (Å²) in [5.41, 5.74) is 2.53. The first-order valence-corrected chi connectivity index (χ1v) is 8.69. The van der Waals surface area contributed by atoms with Gasteiger partial charge in [0.25, 0.3) is 0 Å². The maximum absolute atomic E-state index is 12.2. The third-order valence-electron chi connectivity index (χ3n) is 3.92. The van der Waals surface area contributed by atoms with Crippen LogP contribution in [0.5, 0.6) is 0 Å². The van der Waals surface area contributed by atoms with Crippen LogP contribution in [0.1, 0.15) is 22.3 Å². The number of esters is 1. The van der Waals surface area contributed by atoms with Gasteiger partial charge in [0, 0.05) is 13.5 Å². The molecule has 0 aliphatic rings. The molecule has 0 saturated carbocycles. The third kappa shape index (κ3) is 3.85. The molecule has 0 saturated heterocycles. The topological polar surface area (TPSA) is 60.7 Å². The van der Waals surface area contributed by atoms with Crippen LogP contribution < -0.4 is 4.80 Å². The Kier molecular flexibility index (Phi) is 5.09. The summed E-state index contributed by atoms with van der Waals surface area (Å²) >= 11 is 1.38. The lowest BCUT2D eigenvalue weighted by Crippen LogP contribution is -2.13. The number of hydrogen-bond donors (Lipinski definition) is 0. The minimum atomic E-state index is -0.379. The maximum Gasteiger partial charge on any atom is 0.337 e. The molecule has 0 unspecified atom stereocenters. The minimum Gasteiger partial charge on any atom is -0.465 e. The predicted octanol–water partition coefficient (Wildman–Crippen LogP) is 3.09. The Morgan fingerprint density at radius 1 is 1.16 bits per heavy atom. The van der Waals surface area contributed by atoms with Gasteiger partial charge in [-0.15, -0.1) is 0 Å². The molecule has 1 amide bonds. The second kappa shape index (κ2) is 7.44. The van der Waals surface area contributed by atoms with Gasteiger partial charge in [-0.2, -0.15) is 4.99 Å². The number of methoxy groups -OCH3 is 1. The van der Waals surface area contributed by atoms with Gasteiger partial charge in [0.2, 0.25) is 5.91 Å². The van der Waals surface area contributed by atoms with E-state index in [-0.39, 0.29) is 11.9 Å². The molecule has 6 heteroatoms. The molecule has 128 valence electrons. The molecule has 0 aliphatic heterocycles. The first-order chi connectivity index (χ1) is 12.1. The lowest BCUT2D eigenvalue weighted by atomic mass is 10.1. The normalized spacial score (nSPS) is 11.7. The molecule has 0 fully saturated rings. The van der Waals surface area contributed by atoms with Crippen LogP contribution in [0.4, 0.5) is 0 Å². The van der Waals surface area contributed by atoms with Gasteiger partial charge in [-0.05, 0) is 30.2 Å². The molecular weight excluding hydrogens is 336 g/mol. The fraction of sp³-hybridized carbons (Fsp3) is 0.211. The van der Waals surface area contributed by atoms with Gasteiger partial charge in [-0.25, -0.2) is 4.79 Å². The fourth-order valence-electron chi connectivity index (χ4n) is 2.54. The Morgan fingerprint density at radius 2 is 1.92 bits per heavy atom. The third-order valence-corrected chi connectivity index (χ3v) is 5.02. The van der Waals surface area contributed by atoms with Crippen molar-refractivity contribution in [1.82, 2.24) is 4.57 Å². The van der Waals surface area contributed by atoms with Crippen molar-refractivity contribution in [3.63, 3.8) is 0 Å². The average Bonchev–Trinajstić information content (AvgIpc) is 2.95. The molecule has 3 aromatic rings. The first kappa shape index (κ1) is 17.1. The standard InChI is InChI=1S/C19H18N2O3S/c1-21-15-10-9-14(18(23)24-2)12-16(15)25-19(21)20-17(22)11-8-13-6-4-3-5-7-13/h3-7,9-10,12H,8,11H2,1-2H3. The highest BCUT2D eigenvalue weighted by molar-refractivity contribution is 7.16. The molecule has 0 spiro atoms. The molecular formula is C19H18N2O3S. The highest BCUT2D eigenvalue weighted by Crippen LogP contribution is 2.19. The van der Waals surface area contributed by atoms with Crippen molar-refractivity contribution in [2.24, 2.45) is 12.0 Å². The summed E-state index contributed by atoms with van der Waals surface area (Å²) in [4.78, 5) is 28.7. The summed E-state index contributed by atoms with van der Waals surface area (Å²) in [6, 6.07) is 15.2. The molecule has 5 nitrogen and oxygen atoms in total. The Labute approximate surface area is 149 Å². The van der Waals surface area contributed by atoms with Crippen LogP contribution in [0.3, 0.4) is 0 Å². The van der Waals surface area contributed by atoms with E-state index in [9.17, 15) is 9.59 Å². The lowest BCUT2D eigenvalue weighted by molar-refractivity contribution is -0.118. The van der Waals surface area contributed by atoms with Crippen molar-refractivity contribution >= 4 is 33.4 Å². The molecule has 2 aromatic carbocycles. The number of thiazole rings is 1. The summed E-state index contributed by atoms with van der Waals surface area (Å²) in [6.45, 7) is 0. The van der Waals surface area contributed by atoms with Crippen molar-refractivity contribution in [1.29, 1.82) is 0 Å². The van der Waals surface area contributed by atoms with Gasteiger partial charge in [0.15, 0.2) is 4.80 Å². The van der Waals surface area contributed by atoms with Crippen molar-refractivity contribution in [3.05, 3.63) is 64.5 Å². The van der Waals surface area contributed by atoms with E-state index >= 15 is 0 Å². The lowest BCUT2D eigenvalue weighted by Gasteiger charge is -1.99. The van der Waals surface area contributed by atoms with E-state index in [1.54, 1.807) is 12.1 Å². The number of ether oxygens (including phenoxy) is 1. The Bertz CT molecular complexity index is 987. The largest absolute Gasteiger partial charge is 0.465 e. The smallest absolute Gasteiger partial charge is 0.337 e. The second-order valence-corrected chi connectivity index (χ2v) is 6.62. The monoisotopic (exact) mass is 354 g/mol. The molecule has 0 N–H and O–H groups in total. The van der Waals surface area contributed by atoms with Crippen LogP contribution in [0.25, 0.3) is 10.2 Å². The number of amides is 1. The quantitative estimate of drug-likeness (QED) is 0.677. The molecule has 0 aliphatic carbocycles. The van der Waals surface area contributed by atoms with Crippen LogP contribution in [0, 0.1) is 0 Å². The molecule has 25 heavy (non-hydrogen) atoms. The van der Waals surface area contributed by atoms with Gasteiger partial charge in [0.1, 0.15) is 0 Å². The van der Waals surface area contributed by atoms with Crippen LogP contribution in [0.2, 0.25) is 0 Å². The average molecular weight is 354 g/mol. The minimum absolute atomic E-state index is 0.154. The summed E-state index contributed by atoms with van der Waals surface area (Å²) in [7, 11) is 3.22. The van der Waals surface area contributed by atoms with Crippen molar-refractivity contribution < 1.29 is 14.3 Å². The van der Waals surface area contributed by atoms with E-state index in [1.165, 1.54) is 18.4 Å². The number of hydrogen-bond acceptors (Lipinski definition) is 4. The zero-order valence-electron chi connectivity index (χ0n) is 14.1. The molecule has 0 radical (unpaired) electrons. The van der Waals surface area contributed by atoms with E-state index in [2.05, 4.69) is 4.99 Å². The maximum atomic E-state index is 12.2. The fourth-order valence-corrected chi connectivity index (χ4v) is 3.62. The highest BCUT2D eigenvalue weighted by atomic mass is 32.1. The SMILES string of the molecule is COC(=O)c1ccc2c(c1)sc(=NC(=O)CCc1ccccc1)n2C. The van der Waals surface area contributed by atoms with Crippen LogP contribution in [0.15, 0.2) is 53.5 Å². The van der Waals surface area contributed by atoms with E-state index in [4.69, 9.17) is 4.74 Å². The second-order valence-electron chi connectivity index (χ2n) is 5.61. The Morgan fingerprint density at radius 3 is 2.64 bits per heavy atom. The number of aromatic nitrogens is 1. The van der Waals surface area contributed by atoms with E-state index in [0.29, 0.717) is 23.2 Å². The summed E-state index contributed by atoms with van der Waals surface area (Å²) in [5, 5.41) is 0. The van der Waals surface area contributed by atoms with E-state index in [1.807, 2.05) is 48.0 Å². The predicted molar refractivity (Wildman–Crippen MR) is 97.5 cm³/mol. The number of carbonyl (C=O) groups excluding carboxylic acids is 2. The molecule has 1 aromatic heterocycles. The number of benzene rings is 2.